The largest absolute Gasteiger partial charge is 0.342 e. The van der Waals surface area contributed by atoms with Crippen molar-refractivity contribution in [2.24, 2.45) is 5.73 Å². The Labute approximate surface area is 98.6 Å². The summed E-state index contributed by atoms with van der Waals surface area (Å²) in [6, 6.07) is 0.133. The van der Waals surface area contributed by atoms with Gasteiger partial charge in [0.05, 0.1) is 5.92 Å². The second-order valence-corrected chi connectivity index (χ2v) is 4.45. The molecule has 0 saturated heterocycles. The molecule has 90 valence electrons. The maximum absolute atomic E-state index is 6.09. The van der Waals surface area contributed by atoms with E-state index in [0.29, 0.717) is 17.5 Å². The molecule has 1 fully saturated rings. The van der Waals surface area contributed by atoms with Crippen molar-refractivity contribution in [3.63, 3.8) is 0 Å². The van der Waals surface area contributed by atoms with Crippen LogP contribution in [0.25, 0.3) is 11.6 Å². The molecule has 0 bridgehead atoms. The number of hydrogen-bond acceptors (Lipinski definition) is 5. The van der Waals surface area contributed by atoms with Crippen LogP contribution < -0.4 is 5.73 Å². The van der Waals surface area contributed by atoms with E-state index in [9.17, 15) is 0 Å². The Kier molecular flexibility index (Phi) is 2.64. The third kappa shape index (κ3) is 1.95. The van der Waals surface area contributed by atoms with Gasteiger partial charge in [0.1, 0.15) is 0 Å². The van der Waals surface area contributed by atoms with Crippen molar-refractivity contribution in [3.05, 3.63) is 18.3 Å². The van der Waals surface area contributed by atoms with Gasteiger partial charge in [-0.3, -0.25) is 0 Å². The van der Waals surface area contributed by atoms with Crippen LogP contribution in [-0.4, -0.2) is 26.2 Å². The fraction of sp³-hybridized carbons (Fsp3) is 0.545. The molecule has 1 saturated carbocycles. The zero-order valence-electron chi connectivity index (χ0n) is 9.47. The van der Waals surface area contributed by atoms with Crippen molar-refractivity contribution < 1.29 is 4.52 Å². The third-order valence-electron chi connectivity index (χ3n) is 3.29. The minimum Gasteiger partial charge on any atom is -0.342 e. The number of aromatic nitrogens is 4. The first-order valence-corrected chi connectivity index (χ1v) is 5.93. The fourth-order valence-electron chi connectivity index (χ4n) is 2.34. The molecule has 2 unspecified atom stereocenters. The highest BCUT2D eigenvalue weighted by molar-refractivity contribution is 5.40. The zero-order valence-corrected chi connectivity index (χ0v) is 9.47. The smallest absolute Gasteiger partial charge is 0.238 e. The van der Waals surface area contributed by atoms with Gasteiger partial charge in [-0.25, -0.2) is 4.98 Å². The Morgan fingerprint density at radius 2 is 2.24 bits per heavy atom. The lowest BCUT2D eigenvalue weighted by molar-refractivity contribution is 0.290. The van der Waals surface area contributed by atoms with E-state index in [1.54, 1.807) is 12.4 Å². The highest BCUT2D eigenvalue weighted by Crippen LogP contribution is 2.31. The first-order valence-electron chi connectivity index (χ1n) is 5.93. The highest BCUT2D eigenvalue weighted by Gasteiger charge is 2.28. The van der Waals surface area contributed by atoms with Crippen molar-refractivity contribution in [1.29, 1.82) is 0 Å². The Hall–Kier alpha value is -1.69. The van der Waals surface area contributed by atoms with Crippen LogP contribution in [0.5, 0.6) is 0 Å². The molecular formula is C11H15N5O. The van der Waals surface area contributed by atoms with Gasteiger partial charge < -0.3 is 15.2 Å². The monoisotopic (exact) mass is 233 g/mol. The third-order valence-corrected chi connectivity index (χ3v) is 3.29. The average molecular weight is 233 g/mol. The van der Waals surface area contributed by atoms with Crippen molar-refractivity contribution in [2.45, 2.75) is 37.6 Å². The highest BCUT2D eigenvalue weighted by atomic mass is 16.5. The van der Waals surface area contributed by atoms with Gasteiger partial charge in [-0.15, -0.1) is 0 Å². The topological polar surface area (TPSA) is 93.6 Å². The molecule has 6 heteroatoms. The Balaban J connectivity index is 1.84. The molecule has 1 aliphatic carbocycles. The summed E-state index contributed by atoms with van der Waals surface area (Å²) in [5, 5.41) is 3.93. The van der Waals surface area contributed by atoms with Gasteiger partial charge in [0, 0.05) is 18.4 Å². The number of aromatic amines is 1. The molecule has 2 aromatic rings. The van der Waals surface area contributed by atoms with E-state index in [1.807, 2.05) is 0 Å². The molecule has 2 heterocycles. The molecule has 2 aromatic heterocycles. The summed E-state index contributed by atoms with van der Waals surface area (Å²) >= 11 is 0. The minimum atomic E-state index is 0.133. The van der Waals surface area contributed by atoms with Crippen molar-refractivity contribution in [3.8, 4) is 11.6 Å². The van der Waals surface area contributed by atoms with E-state index >= 15 is 0 Å². The SMILES string of the molecule is NC1CCCCC1c1nc(-c2ncc[nH]2)no1. The zero-order chi connectivity index (χ0) is 11.7. The predicted molar refractivity (Wildman–Crippen MR) is 61.1 cm³/mol. The van der Waals surface area contributed by atoms with Crippen LogP contribution in [0.15, 0.2) is 16.9 Å². The van der Waals surface area contributed by atoms with E-state index in [4.69, 9.17) is 10.3 Å². The van der Waals surface area contributed by atoms with Gasteiger partial charge in [-0.1, -0.05) is 18.0 Å². The molecule has 3 rings (SSSR count). The summed E-state index contributed by atoms with van der Waals surface area (Å²) in [5.74, 6) is 1.97. The number of nitrogens with zero attached hydrogens (tertiary/aromatic N) is 3. The lowest BCUT2D eigenvalue weighted by Gasteiger charge is -2.25. The molecular weight excluding hydrogens is 218 g/mol. The number of nitrogens with one attached hydrogen (secondary N) is 1. The van der Waals surface area contributed by atoms with Gasteiger partial charge in [0.2, 0.25) is 11.7 Å². The maximum atomic E-state index is 6.09. The summed E-state index contributed by atoms with van der Waals surface area (Å²) in [6.45, 7) is 0. The van der Waals surface area contributed by atoms with Crippen LogP contribution in [0.2, 0.25) is 0 Å². The van der Waals surface area contributed by atoms with Gasteiger partial charge in [-0.2, -0.15) is 4.98 Å². The lowest BCUT2D eigenvalue weighted by Crippen LogP contribution is -2.31. The first kappa shape index (κ1) is 10.5. The summed E-state index contributed by atoms with van der Waals surface area (Å²) in [4.78, 5) is 11.4. The second kappa shape index (κ2) is 4.29. The number of nitrogens with two attached hydrogens (primary N) is 1. The van der Waals surface area contributed by atoms with Crippen molar-refractivity contribution in [2.75, 3.05) is 0 Å². The van der Waals surface area contributed by atoms with E-state index in [0.717, 1.165) is 12.8 Å². The summed E-state index contributed by atoms with van der Waals surface area (Å²) in [7, 11) is 0. The van der Waals surface area contributed by atoms with Gasteiger partial charge in [0.25, 0.3) is 0 Å². The lowest BCUT2D eigenvalue weighted by atomic mass is 9.85. The molecule has 6 nitrogen and oxygen atoms in total. The first-order chi connectivity index (χ1) is 8.34. The molecule has 17 heavy (non-hydrogen) atoms. The second-order valence-electron chi connectivity index (χ2n) is 4.45. The number of rotatable bonds is 2. The molecule has 0 aliphatic heterocycles. The normalized spacial score (nSPS) is 25.0. The van der Waals surface area contributed by atoms with Crippen LogP contribution in [-0.2, 0) is 0 Å². The van der Waals surface area contributed by atoms with Crippen LogP contribution in [0.4, 0.5) is 0 Å². The molecule has 1 aliphatic rings. The van der Waals surface area contributed by atoms with E-state index in [1.165, 1.54) is 12.8 Å². The van der Waals surface area contributed by atoms with Crippen molar-refractivity contribution in [1.82, 2.24) is 20.1 Å². The number of H-pyrrole nitrogens is 1. The number of hydrogen-bond donors (Lipinski definition) is 2. The standard InChI is InChI=1S/C11H15N5O/c12-8-4-2-1-3-7(8)11-15-10(16-17-11)9-13-5-6-14-9/h5-8H,1-4,12H2,(H,13,14). The Bertz CT molecular complexity index is 478. The summed E-state index contributed by atoms with van der Waals surface area (Å²) in [6.07, 6.45) is 7.83. The number of imidazole rings is 1. The van der Waals surface area contributed by atoms with E-state index < -0.39 is 0 Å². The summed E-state index contributed by atoms with van der Waals surface area (Å²) in [5.41, 5.74) is 6.09. The van der Waals surface area contributed by atoms with Crippen LogP contribution in [0, 0.1) is 0 Å². The molecule has 2 atom stereocenters. The average Bonchev–Trinajstić information content (AvgIpc) is 3.00. The Morgan fingerprint density at radius 1 is 1.35 bits per heavy atom. The van der Waals surface area contributed by atoms with Gasteiger partial charge in [-0.05, 0) is 12.8 Å². The van der Waals surface area contributed by atoms with Crippen molar-refractivity contribution >= 4 is 0 Å². The quantitative estimate of drug-likeness (QED) is 0.818. The minimum absolute atomic E-state index is 0.133. The van der Waals surface area contributed by atoms with Crippen LogP contribution in [0.3, 0.4) is 0 Å². The predicted octanol–water partition coefficient (Wildman–Crippen LogP) is 1.44. The fourth-order valence-corrected chi connectivity index (χ4v) is 2.34. The molecule has 3 N–H and O–H groups in total. The van der Waals surface area contributed by atoms with Gasteiger partial charge >= 0.3 is 0 Å². The molecule has 0 amide bonds. The maximum Gasteiger partial charge on any atom is 0.238 e. The Morgan fingerprint density at radius 3 is 3.00 bits per heavy atom. The molecule has 0 radical (unpaired) electrons. The molecule has 0 spiro atoms. The summed E-state index contributed by atoms with van der Waals surface area (Å²) < 4.78 is 5.30. The van der Waals surface area contributed by atoms with Gasteiger partial charge in [0.15, 0.2) is 5.82 Å². The van der Waals surface area contributed by atoms with E-state index in [2.05, 4.69) is 20.1 Å². The molecule has 0 aromatic carbocycles. The van der Waals surface area contributed by atoms with Crippen LogP contribution in [0.1, 0.15) is 37.5 Å². The van der Waals surface area contributed by atoms with Crippen LogP contribution >= 0.6 is 0 Å². The van der Waals surface area contributed by atoms with E-state index in [-0.39, 0.29) is 12.0 Å².